The molecular formula is C15H17NOS. The standard InChI is InChI=1S/C15H17NOS/c1-15(2,3)18-10-13(17)12-8-4-6-11-7-5-9-16-14(11)12/h4-9H,10H2,1-3H3. The highest BCUT2D eigenvalue weighted by Crippen LogP contribution is 2.25. The van der Waals surface area contributed by atoms with E-state index in [1.165, 1.54) is 0 Å². The van der Waals surface area contributed by atoms with Crippen molar-refractivity contribution in [2.75, 3.05) is 5.75 Å². The van der Waals surface area contributed by atoms with Crippen LogP contribution in [0.2, 0.25) is 0 Å². The van der Waals surface area contributed by atoms with Crippen LogP contribution in [0.15, 0.2) is 36.5 Å². The fourth-order valence-corrected chi connectivity index (χ4v) is 2.41. The second kappa shape index (κ2) is 5.11. The zero-order valence-electron chi connectivity index (χ0n) is 10.9. The predicted octanol–water partition coefficient (Wildman–Crippen LogP) is 3.95. The van der Waals surface area contributed by atoms with E-state index in [0.29, 0.717) is 5.75 Å². The Labute approximate surface area is 112 Å². The minimum absolute atomic E-state index is 0.105. The third kappa shape index (κ3) is 3.10. The van der Waals surface area contributed by atoms with Crippen LogP contribution in [-0.2, 0) is 0 Å². The molecule has 0 saturated heterocycles. The molecule has 2 rings (SSSR count). The largest absolute Gasteiger partial charge is 0.293 e. The topological polar surface area (TPSA) is 30.0 Å². The number of fused-ring (bicyclic) bond motifs is 1. The molecule has 0 aliphatic heterocycles. The van der Waals surface area contributed by atoms with Gasteiger partial charge in [-0.2, -0.15) is 0 Å². The summed E-state index contributed by atoms with van der Waals surface area (Å²) in [6, 6.07) is 9.63. The number of pyridine rings is 1. The second-order valence-electron chi connectivity index (χ2n) is 5.20. The molecule has 1 aromatic carbocycles. The number of carbonyl (C=O) groups is 1. The van der Waals surface area contributed by atoms with Crippen molar-refractivity contribution >= 4 is 28.4 Å². The normalized spacial score (nSPS) is 11.7. The number of nitrogens with zero attached hydrogens (tertiary/aromatic N) is 1. The number of carbonyl (C=O) groups excluding carboxylic acids is 1. The Kier molecular flexibility index (Phi) is 3.71. The predicted molar refractivity (Wildman–Crippen MR) is 78.3 cm³/mol. The molecule has 0 atom stereocenters. The first kappa shape index (κ1) is 13.1. The van der Waals surface area contributed by atoms with Crippen molar-refractivity contribution < 1.29 is 4.79 Å². The lowest BCUT2D eigenvalue weighted by atomic mass is 10.1. The summed E-state index contributed by atoms with van der Waals surface area (Å²) >= 11 is 1.67. The maximum absolute atomic E-state index is 12.2. The first-order chi connectivity index (χ1) is 8.47. The molecule has 2 aromatic rings. The number of Topliss-reactive ketones (excluding diaryl/α,β-unsaturated/α-hetero) is 1. The molecule has 3 heteroatoms. The van der Waals surface area contributed by atoms with Crippen LogP contribution in [0.3, 0.4) is 0 Å². The highest BCUT2D eigenvalue weighted by atomic mass is 32.2. The zero-order chi connectivity index (χ0) is 13.2. The summed E-state index contributed by atoms with van der Waals surface area (Å²) in [4.78, 5) is 16.6. The van der Waals surface area contributed by atoms with E-state index in [1.54, 1.807) is 18.0 Å². The Balaban J connectivity index is 2.28. The van der Waals surface area contributed by atoms with E-state index in [4.69, 9.17) is 0 Å². The van der Waals surface area contributed by atoms with Crippen LogP contribution < -0.4 is 0 Å². The molecule has 0 aliphatic carbocycles. The molecule has 0 unspecified atom stereocenters. The summed E-state index contributed by atoms with van der Waals surface area (Å²) in [7, 11) is 0. The molecule has 18 heavy (non-hydrogen) atoms. The van der Waals surface area contributed by atoms with Gasteiger partial charge in [0.15, 0.2) is 5.78 Å². The van der Waals surface area contributed by atoms with Crippen LogP contribution in [0.1, 0.15) is 31.1 Å². The van der Waals surface area contributed by atoms with Crippen LogP contribution in [-0.4, -0.2) is 21.3 Å². The fraction of sp³-hybridized carbons (Fsp3) is 0.333. The highest BCUT2D eigenvalue weighted by molar-refractivity contribution is 8.01. The van der Waals surface area contributed by atoms with Gasteiger partial charge in [0.1, 0.15) is 0 Å². The number of ketones is 1. The van der Waals surface area contributed by atoms with E-state index in [-0.39, 0.29) is 10.5 Å². The molecular weight excluding hydrogens is 242 g/mol. The average Bonchev–Trinajstić information content (AvgIpc) is 2.34. The third-order valence-corrected chi connectivity index (χ3v) is 3.84. The fourth-order valence-electron chi connectivity index (χ4n) is 1.69. The van der Waals surface area contributed by atoms with Crippen LogP contribution >= 0.6 is 11.8 Å². The number of thioether (sulfide) groups is 1. The quantitative estimate of drug-likeness (QED) is 0.782. The van der Waals surface area contributed by atoms with Gasteiger partial charge in [-0.05, 0) is 12.1 Å². The SMILES string of the molecule is CC(C)(C)SCC(=O)c1cccc2cccnc12. The Bertz CT molecular complexity index is 567. The van der Waals surface area contributed by atoms with Crippen molar-refractivity contribution in [3.05, 3.63) is 42.1 Å². The van der Waals surface area contributed by atoms with Gasteiger partial charge in [0.2, 0.25) is 0 Å². The molecule has 0 aliphatic rings. The molecule has 1 aromatic heterocycles. The highest BCUT2D eigenvalue weighted by Gasteiger charge is 2.16. The van der Waals surface area contributed by atoms with E-state index in [2.05, 4.69) is 25.8 Å². The molecule has 0 N–H and O–H groups in total. The summed E-state index contributed by atoms with van der Waals surface area (Å²) < 4.78 is 0.105. The third-order valence-electron chi connectivity index (χ3n) is 2.57. The number of rotatable bonds is 3. The first-order valence-electron chi connectivity index (χ1n) is 5.98. The monoisotopic (exact) mass is 259 g/mol. The Morgan fingerprint density at radius 1 is 1.22 bits per heavy atom. The minimum Gasteiger partial charge on any atom is -0.293 e. The maximum Gasteiger partial charge on any atom is 0.174 e. The summed E-state index contributed by atoms with van der Waals surface area (Å²) in [6.45, 7) is 6.35. The molecule has 0 saturated carbocycles. The second-order valence-corrected chi connectivity index (χ2v) is 7.01. The van der Waals surface area contributed by atoms with Gasteiger partial charge >= 0.3 is 0 Å². The molecule has 0 fully saturated rings. The Morgan fingerprint density at radius 3 is 2.67 bits per heavy atom. The van der Waals surface area contributed by atoms with Gasteiger partial charge in [0.05, 0.1) is 11.3 Å². The van der Waals surface area contributed by atoms with Gasteiger partial charge in [0.25, 0.3) is 0 Å². The number of benzene rings is 1. The molecule has 94 valence electrons. The number of hydrogen-bond donors (Lipinski definition) is 0. The summed E-state index contributed by atoms with van der Waals surface area (Å²) in [5, 5.41) is 1.02. The van der Waals surface area contributed by atoms with Gasteiger partial charge in [-0.15, -0.1) is 11.8 Å². The summed E-state index contributed by atoms with van der Waals surface area (Å²) in [5.41, 5.74) is 1.53. The maximum atomic E-state index is 12.2. The van der Waals surface area contributed by atoms with Crippen molar-refractivity contribution in [3.63, 3.8) is 0 Å². The van der Waals surface area contributed by atoms with Crippen LogP contribution in [0.5, 0.6) is 0 Å². The molecule has 1 heterocycles. The van der Waals surface area contributed by atoms with Gasteiger partial charge in [0, 0.05) is 21.9 Å². The number of hydrogen-bond acceptors (Lipinski definition) is 3. The van der Waals surface area contributed by atoms with E-state index < -0.39 is 0 Å². The lowest BCUT2D eigenvalue weighted by Gasteiger charge is -2.16. The first-order valence-corrected chi connectivity index (χ1v) is 6.97. The van der Waals surface area contributed by atoms with E-state index in [1.807, 2.05) is 30.3 Å². The summed E-state index contributed by atoms with van der Waals surface area (Å²) in [6.07, 6.45) is 1.73. The van der Waals surface area contributed by atoms with Crippen molar-refractivity contribution in [2.45, 2.75) is 25.5 Å². The van der Waals surface area contributed by atoms with Crippen molar-refractivity contribution in [1.82, 2.24) is 4.98 Å². The lowest BCUT2D eigenvalue weighted by Crippen LogP contribution is -2.13. The smallest absolute Gasteiger partial charge is 0.174 e. The van der Waals surface area contributed by atoms with E-state index >= 15 is 0 Å². The molecule has 0 bridgehead atoms. The Morgan fingerprint density at radius 2 is 1.94 bits per heavy atom. The Hall–Kier alpha value is -1.35. The van der Waals surface area contributed by atoms with Gasteiger partial charge in [-0.1, -0.05) is 39.0 Å². The number of para-hydroxylation sites is 1. The molecule has 0 radical (unpaired) electrons. The van der Waals surface area contributed by atoms with Crippen molar-refractivity contribution in [2.24, 2.45) is 0 Å². The van der Waals surface area contributed by atoms with Crippen LogP contribution in [0.4, 0.5) is 0 Å². The van der Waals surface area contributed by atoms with E-state index in [9.17, 15) is 4.79 Å². The van der Waals surface area contributed by atoms with Crippen molar-refractivity contribution in [3.8, 4) is 0 Å². The van der Waals surface area contributed by atoms with Crippen molar-refractivity contribution in [1.29, 1.82) is 0 Å². The zero-order valence-corrected chi connectivity index (χ0v) is 11.8. The lowest BCUT2D eigenvalue weighted by molar-refractivity contribution is 0.102. The van der Waals surface area contributed by atoms with Gasteiger partial charge in [-0.3, -0.25) is 9.78 Å². The van der Waals surface area contributed by atoms with Crippen LogP contribution in [0.25, 0.3) is 10.9 Å². The van der Waals surface area contributed by atoms with Gasteiger partial charge in [-0.25, -0.2) is 0 Å². The summed E-state index contributed by atoms with van der Waals surface area (Å²) in [5.74, 6) is 0.651. The molecule has 0 spiro atoms. The molecule has 2 nitrogen and oxygen atoms in total. The van der Waals surface area contributed by atoms with Crippen LogP contribution in [0, 0.1) is 0 Å². The minimum atomic E-state index is 0.105. The molecule has 0 amide bonds. The van der Waals surface area contributed by atoms with Gasteiger partial charge < -0.3 is 0 Å². The average molecular weight is 259 g/mol. The van der Waals surface area contributed by atoms with E-state index in [0.717, 1.165) is 16.5 Å². The number of aromatic nitrogens is 1.